The van der Waals surface area contributed by atoms with E-state index in [2.05, 4.69) is 25.6 Å². The lowest BCUT2D eigenvalue weighted by atomic mass is 10.1. The van der Waals surface area contributed by atoms with Crippen LogP contribution in [0.2, 0.25) is 0 Å². The number of nitrogens with zero attached hydrogens (tertiary/aromatic N) is 2. The van der Waals surface area contributed by atoms with Gasteiger partial charge in [0.25, 0.3) is 0 Å². The molecule has 0 saturated heterocycles. The molecule has 0 aliphatic heterocycles. The number of amides is 2. The molecular formula is C16H14N4O4. The molecular weight excluding hydrogens is 312 g/mol. The SMILES string of the molecule is COC(=O)c1ccc(C=NNC(=O)C(=O)Nc2ccccn2)cc1. The van der Waals surface area contributed by atoms with Crippen molar-refractivity contribution in [2.45, 2.75) is 0 Å². The highest BCUT2D eigenvalue weighted by Crippen LogP contribution is 2.04. The van der Waals surface area contributed by atoms with Gasteiger partial charge in [-0.2, -0.15) is 5.10 Å². The Balaban J connectivity index is 1.87. The van der Waals surface area contributed by atoms with E-state index in [1.54, 1.807) is 42.5 Å². The first-order valence-corrected chi connectivity index (χ1v) is 6.84. The summed E-state index contributed by atoms with van der Waals surface area (Å²) in [7, 11) is 1.29. The molecule has 8 nitrogen and oxygen atoms in total. The van der Waals surface area contributed by atoms with Crippen molar-refractivity contribution >= 4 is 29.8 Å². The number of carbonyl (C=O) groups is 3. The van der Waals surface area contributed by atoms with E-state index < -0.39 is 17.8 Å². The monoisotopic (exact) mass is 326 g/mol. The second kappa shape index (κ2) is 8.18. The molecule has 0 aliphatic carbocycles. The predicted octanol–water partition coefficient (Wildman–Crippen LogP) is 0.957. The van der Waals surface area contributed by atoms with Crippen LogP contribution in [-0.2, 0) is 14.3 Å². The van der Waals surface area contributed by atoms with Crippen LogP contribution in [0.3, 0.4) is 0 Å². The van der Waals surface area contributed by atoms with Gasteiger partial charge >= 0.3 is 17.8 Å². The highest BCUT2D eigenvalue weighted by molar-refractivity contribution is 6.39. The Labute approximate surface area is 137 Å². The number of benzene rings is 1. The number of ether oxygens (including phenoxy) is 1. The molecule has 0 spiro atoms. The van der Waals surface area contributed by atoms with Crippen molar-refractivity contribution in [1.82, 2.24) is 10.4 Å². The van der Waals surface area contributed by atoms with Crippen molar-refractivity contribution in [3.05, 3.63) is 59.8 Å². The predicted molar refractivity (Wildman–Crippen MR) is 86.4 cm³/mol. The third kappa shape index (κ3) is 4.73. The van der Waals surface area contributed by atoms with Crippen LogP contribution in [0.25, 0.3) is 0 Å². The number of pyridine rings is 1. The number of esters is 1. The third-order valence-electron chi connectivity index (χ3n) is 2.82. The summed E-state index contributed by atoms with van der Waals surface area (Å²) in [5.74, 6) is -1.99. The zero-order valence-corrected chi connectivity index (χ0v) is 12.7. The zero-order chi connectivity index (χ0) is 17.4. The van der Waals surface area contributed by atoms with E-state index in [4.69, 9.17) is 0 Å². The fourth-order valence-corrected chi connectivity index (χ4v) is 1.65. The number of nitrogens with one attached hydrogen (secondary N) is 2. The molecule has 0 bridgehead atoms. The van der Waals surface area contributed by atoms with Crippen LogP contribution in [0, 0.1) is 0 Å². The minimum absolute atomic E-state index is 0.264. The van der Waals surface area contributed by atoms with Gasteiger partial charge in [0.1, 0.15) is 5.82 Å². The standard InChI is InChI=1S/C16H14N4O4/c1-24-16(23)12-7-5-11(6-8-12)10-18-20-15(22)14(21)19-13-4-2-3-9-17-13/h2-10H,1H3,(H,20,22)(H,17,19,21). The first kappa shape index (κ1) is 16.8. The number of anilines is 1. The summed E-state index contributed by atoms with van der Waals surface area (Å²) in [5.41, 5.74) is 3.13. The molecule has 1 aromatic carbocycles. The van der Waals surface area contributed by atoms with Crippen molar-refractivity contribution in [3.63, 3.8) is 0 Å². The molecule has 0 fully saturated rings. The van der Waals surface area contributed by atoms with E-state index in [0.717, 1.165) is 0 Å². The summed E-state index contributed by atoms with van der Waals surface area (Å²) >= 11 is 0. The van der Waals surface area contributed by atoms with Gasteiger partial charge in [-0.15, -0.1) is 0 Å². The van der Waals surface area contributed by atoms with E-state index in [9.17, 15) is 14.4 Å². The van der Waals surface area contributed by atoms with Crippen molar-refractivity contribution < 1.29 is 19.1 Å². The lowest BCUT2D eigenvalue weighted by Gasteiger charge is -2.02. The van der Waals surface area contributed by atoms with Crippen LogP contribution in [0.4, 0.5) is 5.82 Å². The normalized spacial score (nSPS) is 10.2. The van der Waals surface area contributed by atoms with E-state index in [1.807, 2.05) is 0 Å². The number of aromatic nitrogens is 1. The minimum Gasteiger partial charge on any atom is -0.465 e. The van der Waals surface area contributed by atoms with Crippen LogP contribution < -0.4 is 10.7 Å². The summed E-state index contributed by atoms with van der Waals surface area (Å²) in [6.45, 7) is 0. The van der Waals surface area contributed by atoms with Gasteiger partial charge in [0, 0.05) is 6.20 Å². The van der Waals surface area contributed by atoms with Gasteiger partial charge in [-0.3, -0.25) is 9.59 Å². The molecule has 24 heavy (non-hydrogen) atoms. The Morgan fingerprint density at radius 1 is 1.08 bits per heavy atom. The quantitative estimate of drug-likeness (QED) is 0.376. The molecule has 8 heteroatoms. The molecule has 0 radical (unpaired) electrons. The minimum atomic E-state index is -0.928. The molecule has 0 unspecified atom stereocenters. The Morgan fingerprint density at radius 2 is 1.83 bits per heavy atom. The highest BCUT2D eigenvalue weighted by Gasteiger charge is 2.13. The average Bonchev–Trinajstić information content (AvgIpc) is 2.62. The Morgan fingerprint density at radius 3 is 2.46 bits per heavy atom. The summed E-state index contributed by atoms with van der Waals surface area (Å²) in [5, 5.41) is 6.01. The maximum atomic E-state index is 11.6. The maximum Gasteiger partial charge on any atom is 0.337 e. The smallest absolute Gasteiger partial charge is 0.337 e. The zero-order valence-electron chi connectivity index (χ0n) is 12.7. The second-order valence-electron chi connectivity index (χ2n) is 4.48. The van der Waals surface area contributed by atoms with E-state index in [1.165, 1.54) is 19.5 Å². The van der Waals surface area contributed by atoms with Crippen molar-refractivity contribution in [2.24, 2.45) is 5.10 Å². The summed E-state index contributed by atoms with van der Waals surface area (Å²) in [6, 6.07) is 11.3. The van der Waals surface area contributed by atoms with E-state index in [0.29, 0.717) is 11.1 Å². The Bertz CT molecular complexity index is 757. The first-order valence-electron chi connectivity index (χ1n) is 6.84. The van der Waals surface area contributed by atoms with Crippen LogP contribution in [0.1, 0.15) is 15.9 Å². The molecule has 0 atom stereocenters. The number of carbonyl (C=O) groups excluding carboxylic acids is 3. The maximum absolute atomic E-state index is 11.6. The first-order chi connectivity index (χ1) is 11.6. The third-order valence-corrected chi connectivity index (χ3v) is 2.82. The van der Waals surface area contributed by atoms with Gasteiger partial charge in [-0.25, -0.2) is 15.2 Å². The molecule has 1 heterocycles. The molecule has 122 valence electrons. The van der Waals surface area contributed by atoms with Gasteiger partial charge < -0.3 is 10.1 Å². The number of hydrogen-bond donors (Lipinski definition) is 2. The lowest BCUT2D eigenvalue weighted by molar-refractivity contribution is -0.136. The summed E-state index contributed by atoms with van der Waals surface area (Å²) in [4.78, 5) is 38.4. The van der Waals surface area contributed by atoms with E-state index >= 15 is 0 Å². The molecule has 2 rings (SSSR count). The highest BCUT2D eigenvalue weighted by atomic mass is 16.5. The molecule has 1 aromatic heterocycles. The fraction of sp³-hybridized carbons (Fsp3) is 0.0625. The second-order valence-corrected chi connectivity index (χ2v) is 4.48. The molecule has 0 aliphatic rings. The number of rotatable bonds is 4. The lowest BCUT2D eigenvalue weighted by Crippen LogP contribution is -2.32. The molecule has 2 N–H and O–H groups in total. The van der Waals surface area contributed by atoms with Gasteiger partial charge in [-0.05, 0) is 29.8 Å². The number of methoxy groups -OCH3 is 1. The van der Waals surface area contributed by atoms with Crippen molar-refractivity contribution in [3.8, 4) is 0 Å². The topological polar surface area (TPSA) is 110 Å². The number of hydrogen-bond acceptors (Lipinski definition) is 6. The molecule has 2 amide bonds. The van der Waals surface area contributed by atoms with Gasteiger partial charge in [-0.1, -0.05) is 18.2 Å². The van der Waals surface area contributed by atoms with Crippen LogP contribution >= 0.6 is 0 Å². The summed E-state index contributed by atoms with van der Waals surface area (Å²) in [6.07, 6.45) is 2.83. The van der Waals surface area contributed by atoms with Crippen LogP contribution in [0.5, 0.6) is 0 Å². The summed E-state index contributed by atoms with van der Waals surface area (Å²) < 4.78 is 4.58. The van der Waals surface area contributed by atoms with Crippen molar-refractivity contribution in [2.75, 3.05) is 12.4 Å². The molecule has 0 saturated carbocycles. The van der Waals surface area contributed by atoms with Gasteiger partial charge in [0.2, 0.25) is 0 Å². The van der Waals surface area contributed by atoms with Gasteiger partial charge in [0.05, 0.1) is 18.9 Å². The van der Waals surface area contributed by atoms with Crippen molar-refractivity contribution in [1.29, 1.82) is 0 Å². The Hall–Kier alpha value is -3.55. The number of hydrazone groups is 1. The largest absolute Gasteiger partial charge is 0.465 e. The van der Waals surface area contributed by atoms with Crippen LogP contribution in [-0.4, -0.2) is 36.1 Å². The van der Waals surface area contributed by atoms with Gasteiger partial charge in [0.15, 0.2) is 0 Å². The molecule has 2 aromatic rings. The average molecular weight is 326 g/mol. The Kier molecular flexibility index (Phi) is 5.73. The fourth-order valence-electron chi connectivity index (χ4n) is 1.65. The van der Waals surface area contributed by atoms with E-state index in [-0.39, 0.29) is 5.82 Å². The van der Waals surface area contributed by atoms with Crippen LogP contribution in [0.15, 0.2) is 53.8 Å².